The Hall–Kier alpha value is -1.15. The number of hydrogen-bond acceptors (Lipinski definition) is 4. The highest BCUT2D eigenvalue weighted by atomic mass is 35.5. The smallest absolute Gasteiger partial charge is 0.243 e. The molecule has 1 aliphatic rings. The largest absolute Gasteiger partial charge is 0.352 e. The van der Waals surface area contributed by atoms with Gasteiger partial charge in [-0.15, -0.1) is 12.4 Å². The highest BCUT2D eigenvalue weighted by molar-refractivity contribution is 7.89. The zero-order valence-corrected chi connectivity index (χ0v) is 17.3. The van der Waals surface area contributed by atoms with Gasteiger partial charge in [0.15, 0.2) is 0 Å². The van der Waals surface area contributed by atoms with E-state index < -0.39 is 10.0 Å². The summed E-state index contributed by atoms with van der Waals surface area (Å²) in [4.78, 5) is 12.6. The Labute approximate surface area is 163 Å². The molecule has 0 aliphatic carbocycles. The molecular weight excluding hydrogens is 374 g/mol. The van der Waals surface area contributed by atoms with Gasteiger partial charge in [0.05, 0.1) is 4.90 Å². The fourth-order valence-corrected chi connectivity index (χ4v) is 4.65. The molecule has 0 unspecified atom stereocenters. The maximum Gasteiger partial charge on any atom is 0.243 e. The van der Waals surface area contributed by atoms with Crippen LogP contribution in [0.3, 0.4) is 0 Å². The molecule has 0 saturated carbocycles. The molecule has 1 saturated heterocycles. The van der Waals surface area contributed by atoms with Crippen molar-refractivity contribution in [1.29, 1.82) is 0 Å². The van der Waals surface area contributed by atoms with Crippen LogP contribution >= 0.6 is 12.4 Å². The van der Waals surface area contributed by atoms with Gasteiger partial charge in [-0.25, -0.2) is 8.42 Å². The lowest BCUT2D eigenvalue weighted by Crippen LogP contribution is -2.42. The van der Waals surface area contributed by atoms with Gasteiger partial charge in [-0.05, 0) is 44.0 Å². The minimum Gasteiger partial charge on any atom is -0.352 e. The summed E-state index contributed by atoms with van der Waals surface area (Å²) in [5, 5.41) is 6.30. The fourth-order valence-electron chi connectivity index (χ4n) is 3.20. The van der Waals surface area contributed by atoms with Gasteiger partial charge in [0.2, 0.25) is 15.9 Å². The van der Waals surface area contributed by atoms with E-state index in [-0.39, 0.29) is 24.2 Å². The van der Waals surface area contributed by atoms with E-state index in [1.807, 2.05) is 13.8 Å². The fraction of sp³-hybridized carbons (Fsp3) is 0.611. The molecule has 0 bridgehead atoms. The Balaban J connectivity index is 0.00000338. The third kappa shape index (κ3) is 5.67. The summed E-state index contributed by atoms with van der Waals surface area (Å²) in [6.45, 7) is 7.93. The van der Waals surface area contributed by atoms with Gasteiger partial charge in [0.25, 0.3) is 0 Å². The molecule has 1 fully saturated rings. The van der Waals surface area contributed by atoms with Crippen LogP contribution in [0.25, 0.3) is 0 Å². The number of nitrogens with one attached hydrogen (secondary N) is 2. The molecule has 1 heterocycles. The molecular formula is C18H30ClN3O3S. The highest BCUT2D eigenvalue weighted by Gasteiger charge is 2.24. The first-order valence-corrected chi connectivity index (χ1v) is 10.4. The van der Waals surface area contributed by atoms with Crippen LogP contribution in [0.1, 0.15) is 39.2 Å². The zero-order chi connectivity index (χ0) is 18.4. The quantitative estimate of drug-likeness (QED) is 0.731. The summed E-state index contributed by atoms with van der Waals surface area (Å²) in [6.07, 6.45) is 1.71. The van der Waals surface area contributed by atoms with Crippen molar-refractivity contribution in [1.82, 2.24) is 14.9 Å². The summed E-state index contributed by atoms with van der Waals surface area (Å²) < 4.78 is 26.4. The van der Waals surface area contributed by atoms with E-state index in [1.54, 1.807) is 24.3 Å². The number of piperidine rings is 1. The van der Waals surface area contributed by atoms with Crippen LogP contribution in [-0.4, -0.2) is 44.3 Å². The molecule has 8 heteroatoms. The van der Waals surface area contributed by atoms with Gasteiger partial charge < -0.3 is 10.6 Å². The van der Waals surface area contributed by atoms with Gasteiger partial charge in [0, 0.05) is 31.6 Å². The maximum absolute atomic E-state index is 12.5. The first kappa shape index (κ1) is 22.9. The predicted octanol–water partition coefficient (Wildman–Crippen LogP) is 2.14. The first-order chi connectivity index (χ1) is 11.9. The van der Waals surface area contributed by atoms with Gasteiger partial charge in [-0.1, -0.05) is 26.0 Å². The van der Waals surface area contributed by atoms with E-state index in [4.69, 9.17) is 0 Å². The Kier molecular flexibility index (Phi) is 9.03. The molecule has 26 heavy (non-hydrogen) atoms. The van der Waals surface area contributed by atoms with Gasteiger partial charge >= 0.3 is 0 Å². The molecule has 0 aromatic heterocycles. The van der Waals surface area contributed by atoms with Crippen LogP contribution in [0.15, 0.2) is 29.2 Å². The van der Waals surface area contributed by atoms with Gasteiger partial charge in [0.1, 0.15) is 0 Å². The average molecular weight is 404 g/mol. The van der Waals surface area contributed by atoms with Gasteiger partial charge in [-0.3, -0.25) is 4.79 Å². The number of nitrogens with zero attached hydrogens (tertiary/aromatic N) is 1. The molecule has 2 atom stereocenters. The van der Waals surface area contributed by atoms with E-state index in [1.165, 1.54) is 4.31 Å². The van der Waals surface area contributed by atoms with E-state index in [2.05, 4.69) is 17.6 Å². The lowest BCUT2D eigenvalue weighted by Gasteiger charge is -2.27. The van der Waals surface area contributed by atoms with E-state index in [0.29, 0.717) is 30.6 Å². The van der Waals surface area contributed by atoms with E-state index in [0.717, 1.165) is 24.9 Å². The molecule has 0 radical (unpaired) electrons. The van der Waals surface area contributed by atoms with Crippen LogP contribution in [-0.2, 0) is 21.4 Å². The molecule has 1 aromatic carbocycles. The number of halogens is 1. The molecule has 0 spiro atoms. The molecule has 6 nitrogen and oxygen atoms in total. The summed E-state index contributed by atoms with van der Waals surface area (Å²) >= 11 is 0. The van der Waals surface area contributed by atoms with Crippen molar-refractivity contribution in [3.05, 3.63) is 29.8 Å². The van der Waals surface area contributed by atoms with Crippen LogP contribution in [0.2, 0.25) is 0 Å². The summed E-state index contributed by atoms with van der Waals surface area (Å²) in [7, 11) is -3.43. The third-order valence-corrected chi connectivity index (χ3v) is 6.79. The lowest BCUT2D eigenvalue weighted by molar-refractivity contribution is -0.126. The van der Waals surface area contributed by atoms with Crippen molar-refractivity contribution in [3.63, 3.8) is 0 Å². The summed E-state index contributed by atoms with van der Waals surface area (Å²) in [5.41, 5.74) is 0.897. The van der Waals surface area contributed by atoms with Crippen LogP contribution in [0, 0.1) is 5.92 Å². The Morgan fingerprint density at radius 3 is 2.38 bits per heavy atom. The number of sulfonamides is 1. The van der Waals surface area contributed by atoms with Crippen molar-refractivity contribution >= 4 is 28.3 Å². The predicted molar refractivity (Wildman–Crippen MR) is 106 cm³/mol. The Bertz CT molecular complexity index is 675. The SMILES string of the molecule is CCN(CC)S(=O)(=O)c1ccc(CNC(=O)[C@H]2CCN[C@@H](C)C2)cc1.Cl. The second-order valence-electron chi connectivity index (χ2n) is 6.53. The molecule has 2 rings (SSSR count). The Morgan fingerprint density at radius 1 is 1.23 bits per heavy atom. The number of rotatable bonds is 7. The number of amides is 1. The minimum atomic E-state index is -3.43. The number of carbonyl (C=O) groups excluding carboxylic acids is 1. The average Bonchev–Trinajstić information content (AvgIpc) is 2.61. The summed E-state index contributed by atoms with van der Waals surface area (Å²) in [6, 6.07) is 7.13. The van der Waals surface area contributed by atoms with Crippen molar-refractivity contribution in [2.45, 2.75) is 51.1 Å². The van der Waals surface area contributed by atoms with Gasteiger partial charge in [-0.2, -0.15) is 4.31 Å². The molecule has 2 N–H and O–H groups in total. The lowest BCUT2D eigenvalue weighted by atomic mass is 9.92. The standard InChI is InChI=1S/C18H29N3O3S.ClH/c1-4-21(5-2)25(23,24)17-8-6-15(7-9-17)13-20-18(22)16-10-11-19-14(3)12-16;/h6-9,14,16,19H,4-5,10-13H2,1-3H3,(H,20,22);1H/t14-,16-;/m0./s1. The number of carbonyl (C=O) groups is 1. The zero-order valence-electron chi connectivity index (χ0n) is 15.7. The molecule has 1 aliphatic heterocycles. The van der Waals surface area contributed by atoms with E-state index >= 15 is 0 Å². The number of benzene rings is 1. The van der Waals surface area contributed by atoms with Crippen molar-refractivity contribution in [3.8, 4) is 0 Å². The van der Waals surface area contributed by atoms with E-state index in [9.17, 15) is 13.2 Å². The maximum atomic E-state index is 12.5. The third-order valence-electron chi connectivity index (χ3n) is 4.73. The van der Waals surface area contributed by atoms with Crippen LogP contribution in [0.4, 0.5) is 0 Å². The topological polar surface area (TPSA) is 78.5 Å². The Morgan fingerprint density at radius 2 is 1.85 bits per heavy atom. The summed E-state index contributed by atoms with van der Waals surface area (Å²) in [5.74, 6) is 0.131. The highest BCUT2D eigenvalue weighted by Crippen LogP contribution is 2.18. The van der Waals surface area contributed by atoms with Crippen LogP contribution < -0.4 is 10.6 Å². The molecule has 148 valence electrons. The van der Waals surface area contributed by atoms with Crippen molar-refractivity contribution < 1.29 is 13.2 Å². The normalized spacial score (nSPS) is 20.5. The second kappa shape index (κ2) is 10.3. The van der Waals surface area contributed by atoms with Crippen LogP contribution in [0.5, 0.6) is 0 Å². The minimum absolute atomic E-state index is 0. The number of hydrogen-bond donors (Lipinski definition) is 2. The van der Waals surface area contributed by atoms with Crippen molar-refractivity contribution in [2.24, 2.45) is 5.92 Å². The molecule has 1 amide bonds. The monoisotopic (exact) mass is 403 g/mol. The van der Waals surface area contributed by atoms with Crippen molar-refractivity contribution in [2.75, 3.05) is 19.6 Å². The second-order valence-corrected chi connectivity index (χ2v) is 8.47. The molecule has 1 aromatic rings. The first-order valence-electron chi connectivity index (χ1n) is 8.98.